The van der Waals surface area contributed by atoms with Gasteiger partial charge in [0.1, 0.15) is 24.6 Å². The summed E-state index contributed by atoms with van der Waals surface area (Å²) in [4.78, 5) is 0. The molecule has 0 fully saturated rings. The van der Waals surface area contributed by atoms with Gasteiger partial charge in [-0.2, -0.15) is 0 Å². The molecule has 0 aromatic heterocycles. The van der Waals surface area contributed by atoms with Gasteiger partial charge < -0.3 is 32.7 Å². The normalized spacial score (nSPS) is 20.5. The molecule has 0 bridgehead atoms. The van der Waals surface area contributed by atoms with E-state index in [4.69, 9.17) is 52.0 Å². The first-order chi connectivity index (χ1) is 25.0. The molecule has 2 aliphatic carbocycles. The summed E-state index contributed by atoms with van der Waals surface area (Å²) in [5, 5.41) is 0. The lowest BCUT2D eigenvalue weighted by Crippen LogP contribution is -2.48. The Morgan fingerprint density at radius 2 is 1.56 bits per heavy atom. The van der Waals surface area contributed by atoms with Crippen LogP contribution < -0.4 is 0 Å². The van der Waals surface area contributed by atoms with Crippen LogP contribution in [-0.2, 0) is 38.3 Å². The maximum absolute atomic E-state index is 7.48. The maximum atomic E-state index is 7.48. The zero-order chi connectivity index (χ0) is 38.0. The van der Waals surface area contributed by atoms with Gasteiger partial charge in [-0.05, 0) is 70.7 Å². The Balaban J connectivity index is 2.17. The Labute approximate surface area is 314 Å². The first-order valence-corrected chi connectivity index (χ1v) is 19.0. The fourth-order valence-electron chi connectivity index (χ4n) is 6.44. The van der Waals surface area contributed by atoms with Crippen molar-refractivity contribution in [3.63, 3.8) is 0 Å². The average molecular weight is 732 g/mol. The van der Waals surface area contributed by atoms with Gasteiger partial charge in [0.2, 0.25) is 0 Å². The molecule has 2 aliphatic rings. The lowest BCUT2D eigenvalue weighted by molar-refractivity contribution is -0.135. The van der Waals surface area contributed by atoms with E-state index in [0.29, 0.717) is 25.9 Å². The summed E-state index contributed by atoms with van der Waals surface area (Å²) in [6, 6.07) is 10.6. The van der Waals surface area contributed by atoms with Crippen molar-refractivity contribution in [2.45, 2.75) is 77.2 Å². The lowest BCUT2D eigenvalue weighted by Gasteiger charge is -2.46. The largest absolute Gasteiger partial charge is 0.497 e. The highest BCUT2D eigenvalue weighted by molar-refractivity contribution is 7.44. The van der Waals surface area contributed by atoms with Crippen LogP contribution in [0.1, 0.15) is 59.4 Å². The molecule has 1 aromatic carbocycles. The molecule has 0 amide bonds. The predicted molar refractivity (Wildman–Crippen MR) is 210 cm³/mol. The van der Waals surface area contributed by atoms with Crippen molar-refractivity contribution >= 4 is 8.53 Å². The van der Waals surface area contributed by atoms with Crippen LogP contribution in [-0.4, -0.2) is 82.8 Å². The molecule has 52 heavy (non-hydrogen) atoms. The summed E-state index contributed by atoms with van der Waals surface area (Å²) >= 11 is 0. The molecule has 9 heteroatoms. The Morgan fingerprint density at radius 3 is 2.06 bits per heavy atom. The number of rotatable bonds is 23. The molecule has 8 nitrogen and oxygen atoms in total. The predicted octanol–water partition coefficient (Wildman–Crippen LogP) is 7.98. The highest BCUT2D eigenvalue weighted by Gasteiger charge is 2.47. The molecule has 0 spiro atoms. The van der Waals surface area contributed by atoms with Crippen LogP contribution in [0, 0.1) is 48.4 Å². The van der Waals surface area contributed by atoms with Gasteiger partial charge >= 0.3 is 0 Å². The lowest BCUT2D eigenvalue weighted by atomic mass is 9.70. The monoisotopic (exact) mass is 731 g/mol. The number of terminal acetylenes is 3. The first-order valence-electron chi connectivity index (χ1n) is 17.9. The number of hydrogen-bond acceptors (Lipinski definition) is 8. The summed E-state index contributed by atoms with van der Waals surface area (Å²) in [7, 11) is 1.89. The number of benzene rings is 1. The van der Waals surface area contributed by atoms with Crippen LogP contribution in [0.25, 0.3) is 0 Å². The Morgan fingerprint density at radius 1 is 0.885 bits per heavy atom. The fourth-order valence-corrected chi connectivity index (χ4v) is 8.17. The highest BCUT2D eigenvalue weighted by Crippen LogP contribution is 2.50. The van der Waals surface area contributed by atoms with E-state index in [1.807, 2.05) is 24.3 Å². The van der Waals surface area contributed by atoms with Crippen molar-refractivity contribution in [1.82, 2.24) is 4.67 Å². The second-order valence-electron chi connectivity index (χ2n) is 13.9. The second-order valence-corrected chi connectivity index (χ2v) is 15.3. The molecule has 4 unspecified atom stereocenters. The number of ether oxygens (including phenoxy) is 5. The van der Waals surface area contributed by atoms with E-state index in [2.05, 4.69) is 99.6 Å². The fraction of sp³-hybridized carbons (Fsp3) is 0.535. The number of allylic oxidation sites excluding steroid dienone is 2. The summed E-state index contributed by atoms with van der Waals surface area (Å²) in [6.45, 7) is 11.9. The standard InChI is InChI=1S/C43H58NO7P/c1-11-14-30-50-52(44(35(4)5)36(6)7)51-34-42(31-47-28-12-2,32-48-29-13-3)33-49-43(37-18-16-15-17-19-37,38-20-22-40(45-9)23-21-38)39-24-26-41(8,46-10)27-25-39/h1-3,15-20,22-26,35-36,38H,14,21,27-34H2,4-10H3. The van der Waals surface area contributed by atoms with Crippen LogP contribution >= 0.6 is 8.53 Å². The third-order valence-corrected chi connectivity index (χ3v) is 11.3. The molecule has 0 saturated carbocycles. The summed E-state index contributed by atoms with van der Waals surface area (Å²) in [5.41, 5.74) is -0.193. The van der Waals surface area contributed by atoms with Gasteiger partial charge in [-0.3, -0.25) is 0 Å². The van der Waals surface area contributed by atoms with Gasteiger partial charge in [0.25, 0.3) is 8.53 Å². The van der Waals surface area contributed by atoms with Crippen LogP contribution in [0.3, 0.4) is 0 Å². The van der Waals surface area contributed by atoms with E-state index < -0.39 is 25.1 Å². The Bertz CT molecular complexity index is 1470. The zero-order valence-electron chi connectivity index (χ0n) is 32.1. The third-order valence-electron chi connectivity index (χ3n) is 9.23. The smallest absolute Gasteiger partial charge is 0.259 e. The van der Waals surface area contributed by atoms with E-state index in [1.165, 1.54) is 0 Å². The van der Waals surface area contributed by atoms with Crippen molar-refractivity contribution in [3.8, 4) is 37.0 Å². The minimum Gasteiger partial charge on any atom is -0.497 e. The van der Waals surface area contributed by atoms with Crippen molar-refractivity contribution in [2.24, 2.45) is 11.3 Å². The summed E-state index contributed by atoms with van der Waals surface area (Å²) in [5.74, 6) is 8.57. The summed E-state index contributed by atoms with van der Waals surface area (Å²) in [6.07, 6.45) is 31.5. The first kappa shape index (κ1) is 43.2. The Hall–Kier alpha value is -3.19. The molecule has 0 heterocycles. The van der Waals surface area contributed by atoms with Crippen LogP contribution in [0.5, 0.6) is 0 Å². The van der Waals surface area contributed by atoms with E-state index in [-0.39, 0.29) is 57.6 Å². The van der Waals surface area contributed by atoms with Crippen LogP contribution in [0.15, 0.2) is 78.1 Å². The van der Waals surface area contributed by atoms with Gasteiger partial charge in [-0.15, -0.1) is 25.2 Å². The van der Waals surface area contributed by atoms with E-state index in [0.717, 1.165) is 16.9 Å². The molecular weight excluding hydrogens is 673 g/mol. The van der Waals surface area contributed by atoms with Gasteiger partial charge in [0, 0.05) is 31.5 Å². The van der Waals surface area contributed by atoms with Gasteiger partial charge in [0.15, 0.2) is 0 Å². The second kappa shape index (κ2) is 21.5. The van der Waals surface area contributed by atoms with Crippen molar-refractivity contribution in [2.75, 3.05) is 60.5 Å². The quantitative estimate of drug-likeness (QED) is 0.0638. The number of nitrogens with zero attached hydrogens (tertiary/aromatic N) is 1. The summed E-state index contributed by atoms with van der Waals surface area (Å²) < 4.78 is 46.5. The molecule has 0 radical (unpaired) electrons. The molecular formula is C43H58NO7P. The number of hydrogen-bond donors (Lipinski definition) is 0. The van der Waals surface area contributed by atoms with Crippen LogP contribution in [0.2, 0.25) is 0 Å². The van der Waals surface area contributed by atoms with Crippen LogP contribution in [0.4, 0.5) is 0 Å². The zero-order valence-corrected chi connectivity index (χ0v) is 33.0. The van der Waals surface area contributed by atoms with Crippen molar-refractivity contribution in [3.05, 3.63) is 83.7 Å². The molecule has 0 aliphatic heterocycles. The minimum absolute atomic E-state index is 0.102. The molecule has 1 aromatic rings. The van der Waals surface area contributed by atoms with Gasteiger partial charge in [-0.1, -0.05) is 66.5 Å². The van der Waals surface area contributed by atoms with E-state index >= 15 is 0 Å². The molecule has 3 rings (SSSR count). The molecule has 4 atom stereocenters. The topological polar surface area (TPSA) is 67.9 Å². The molecule has 0 saturated heterocycles. The van der Waals surface area contributed by atoms with Gasteiger partial charge in [-0.25, -0.2) is 4.67 Å². The number of methoxy groups -OCH3 is 2. The molecule has 282 valence electrons. The SMILES string of the molecule is C#CCCOP(OCC(COCC#C)(COCC#C)COC(C1=CCC(C)(OC)C=C1)(c1ccccc1)C1C=CC(OC)=CC1)N(C(C)C)C(C)C. The van der Waals surface area contributed by atoms with E-state index in [1.54, 1.807) is 14.2 Å². The third kappa shape index (κ3) is 11.7. The van der Waals surface area contributed by atoms with Crippen molar-refractivity contribution in [1.29, 1.82) is 0 Å². The Kier molecular flexibility index (Phi) is 17.9. The highest BCUT2D eigenvalue weighted by atomic mass is 31.2. The van der Waals surface area contributed by atoms with Crippen molar-refractivity contribution < 1.29 is 32.7 Å². The maximum Gasteiger partial charge on any atom is 0.259 e. The minimum atomic E-state index is -1.52. The molecule has 0 N–H and O–H groups in total. The average Bonchev–Trinajstić information content (AvgIpc) is 3.15. The van der Waals surface area contributed by atoms with E-state index in [9.17, 15) is 0 Å². The van der Waals surface area contributed by atoms with Gasteiger partial charge in [0.05, 0.1) is 51.2 Å².